The van der Waals surface area contributed by atoms with Crippen LogP contribution in [0.3, 0.4) is 0 Å². The predicted molar refractivity (Wildman–Crippen MR) is 81.0 cm³/mol. The van der Waals surface area contributed by atoms with E-state index in [4.69, 9.17) is 14.2 Å². The third kappa shape index (κ3) is 1.80. The van der Waals surface area contributed by atoms with Crippen LogP contribution in [0.5, 0.6) is 5.75 Å². The number of hydrogen-bond acceptors (Lipinski definition) is 4. The van der Waals surface area contributed by atoms with Crippen molar-refractivity contribution < 1.29 is 19.0 Å². The lowest BCUT2D eigenvalue weighted by atomic mass is 9.55. The van der Waals surface area contributed by atoms with E-state index in [9.17, 15) is 4.79 Å². The zero-order chi connectivity index (χ0) is 15.2. The van der Waals surface area contributed by atoms with Crippen molar-refractivity contribution in [3.05, 3.63) is 29.3 Å². The van der Waals surface area contributed by atoms with E-state index >= 15 is 0 Å². The first kappa shape index (κ1) is 14.2. The molecule has 4 nitrogen and oxygen atoms in total. The van der Waals surface area contributed by atoms with Gasteiger partial charge in [0.2, 0.25) is 0 Å². The van der Waals surface area contributed by atoms with Crippen LogP contribution >= 0.6 is 0 Å². The molecule has 0 aromatic heterocycles. The molecule has 1 aromatic rings. The SMILES string of the molecule is COc1ccc2c(c1)CC[C@@H]1C3(CCC[C@@]21C=O)OCCO3. The molecular weight excluding hydrogens is 280 g/mol. The minimum absolute atomic E-state index is 0.120. The number of rotatable bonds is 2. The number of carbonyl (C=O) groups excluding carboxylic acids is 1. The summed E-state index contributed by atoms with van der Waals surface area (Å²) in [5, 5.41) is 0. The van der Waals surface area contributed by atoms with Gasteiger partial charge in [-0.05, 0) is 48.9 Å². The first-order valence-electron chi connectivity index (χ1n) is 8.16. The molecule has 2 aliphatic carbocycles. The third-order valence-corrected chi connectivity index (χ3v) is 5.77. The van der Waals surface area contributed by atoms with Crippen LogP contribution in [0.1, 0.15) is 36.8 Å². The van der Waals surface area contributed by atoms with Crippen molar-refractivity contribution in [2.75, 3.05) is 20.3 Å². The second-order valence-corrected chi connectivity index (χ2v) is 6.63. The van der Waals surface area contributed by atoms with Gasteiger partial charge in [0.1, 0.15) is 12.0 Å². The topological polar surface area (TPSA) is 44.8 Å². The summed E-state index contributed by atoms with van der Waals surface area (Å²) in [6, 6.07) is 6.11. The Morgan fingerprint density at radius 3 is 2.82 bits per heavy atom. The zero-order valence-corrected chi connectivity index (χ0v) is 13.0. The van der Waals surface area contributed by atoms with E-state index in [1.54, 1.807) is 7.11 Å². The average molecular weight is 302 g/mol. The molecule has 4 rings (SSSR count). The fraction of sp³-hybridized carbons (Fsp3) is 0.611. The first-order chi connectivity index (χ1) is 10.7. The molecule has 0 radical (unpaired) electrons. The molecule has 1 aromatic carbocycles. The van der Waals surface area contributed by atoms with Crippen LogP contribution < -0.4 is 4.74 Å². The largest absolute Gasteiger partial charge is 0.497 e. The van der Waals surface area contributed by atoms with Crippen molar-refractivity contribution in [2.24, 2.45) is 5.92 Å². The van der Waals surface area contributed by atoms with Crippen LogP contribution in [0.15, 0.2) is 18.2 Å². The van der Waals surface area contributed by atoms with Gasteiger partial charge >= 0.3 is 0 Å². The molecule has 1 spiro atoms. The summed E-state index contributed by atoms with van der Waals surface area (Å²) in [6.45, 7) is 1.28. The standard InChI is InChI=1S/C18H22O4/c1-20-14-4-5-15-13(11-14)3-6-16-17(15,12-19)7-2-8-18(16)21-9-10-22-18/h4-5,11-12,16H,2-3,6-10H2,1H3/t16-,17+/m0/s1. The second-order valence-electron chi connectivity index (χ2n) is 6.63. The highest BCUT2D eigenvalue weighted by Crippen LogP contribution is 2.55. The minimum atomic E-state index is -0.545. The predicted octanol–water partition coefficient (Wildman–Crippen LogP) is 2.62. The Kier molecular flexibility index (Phi) is 3.27. The van der Waals surface area contributed by atoms with E-state index in [1.165, 1.54) is 5.56 Å². The molecule has 0 N–H and O–H groups in total. The van der Waals surface area contributed by atoms with Crippen molar-refractivity contribution in [2.45, 2.75) is 43.3 Å². The Hall–Kier alpha value is -1.39. The van der Waals surface area contributed by atoms with Gasteiger partial charge in [0.05, 0.1) is 25.7 Å². The van der Waals surface area contributed by atoms with E-state index in [0.29, 0.717) is 13.2 Å². The van der Waals surface area contributed by atoms with Crippen LogP contribution in [0.2, 0.25) is 0 Å². The van der Waals surface area contributed by atoms with Crippen LogP contribution in [0, 0.1) is 5.92 Å². The molecule has 2 atom stereocenters. The molecule has 118 valence electrons. The summed E-state index contributed by atoms with van der Waals surface area (Å²) in [6.07, 6.45) is 5.78. The number of hydrogen-bond donors (Lipinski definition) is 0. The number of aryl methyl sites for hydroxylation is 1. The maximum absolute atomic E-state index is 12.2. The summed E-state index contributed by atoms with van der Waals surface area (Å²) < 4.78 is 17.4. The van der Waals surface area contributed by atoms with Gasteiger partial charge in [-0.15, -0.1) is 0 Å². The Morgan fingerprint density at radius 2 is 2.09 bits per heavy atom. The molecule has 3 aliphatic rings. The highest BCUT2D eigenvalue weighted by Gasteiger charge is 2.59. The van der Waals surface area contributed by atoms with Gasteiger partial charge in [0.15, 0.2) is 5.79 Å². The van der Waals surface area contributed by atoms with Gasteiger partial charge in [-0.3, -0.25) is 0 Å². The van der Waals surface area contributed by atoms with Crippen molar-refractivity contribution in [1.82, 2.24) is 0 Å². The molecule has 1 aliphatic heterocycles. The van der Waals surface area contributed by atoms with Crippen molar-refractivity contribution in [3.8, 4) is 5.75 Å². The van der Waals surface area contributed by atoms with Crippen LogP contribution in [-0.4, -0.2) is 32.4 Å². The lowest BCUT2D eigenvalue weighted by Crippen LogP contribution is -2.57. The molecule has 1 heterocycles. The summed E-state index contributed by atoms with van der Waals surface area (Å²) in [7, 11) is 1.68. The van der Waals surface area contributed by atoms with Crippen LogP contribution in [0.25, 0.3) is 0 Å². The van der Waals surface area contributed by atoms with E-state index in [-0.39, 0.29) is 5.92 Å². The molecular formula is C18H22O4. The maximum atomic E-state index is 12.2. The van der Waals surface area contributed by atoms with E-state index in [2.05, 4.69) is 12.1 Å². The van der Waals surface area contributed by atoms with Gasteiger partial charge in [0, 0.05) is 12.3 Å². The Morgan fingerprint density at radius 1 is 1.27 bits per heavy atom. The lowest BCUT2D eigenvalue weighted by Gasteiger charge is -2.52. The highest BCUT2D eigenvalue weighted by atomic mass is 16.7. The number of fused-ring (bicyclic) bond motifs is 4. The van der Waals surface area contributed by atoms with E-state index in [0.717, 1.165) is 49.7 Å². The number of aldehydes is 1. The molecule has 2 fully saturated rings. The van der Waals surface area contributed by atoms with Gasteiger partial charge < -0.3 is 19.0 Å². The van der Waals surface area contributed by atoms with Crippen LogP contribution in [-0.2, 0) is 26.1 Å². The number of ether oxygens (including phenoxy) is 3. The summed E-state index contributed by atoms with van der Waals surface area (Å²) in [5.41, 5.74) is 1.91. The van der Waals surface area contributed by atoms with E-state index < -0.39 is 11.2 Å². The molecule has 0 unspecified atom stereocenters. The Balaban J connectivity index is 1.83. The highest BCUT2D eigenvalue weighted by molar-refractivity contribution is 5.72. The van der Waals surface area contributed by atoms with E-state index in [1.807, 2.05) is 6.07 Å². The third-order valence-electron chi connectivity index (χ3n) is 5.77. The fourth-order valence-electron chi connectivity index (χ4n) is 4.85. The molecule has 1 saturated heterocycles. The number of carbonyl (C=O) groups is 1. The van der Waals surface area contributed by atoms with Gasteiger partial charge in [-0.25, -0.2) is 0 Å². The normalized spacial score (nSPS) is 32.3. The van der Waals surface area contributed by atoms with Crippen LogP contribution in [0.4, 0.5) is 0 Å². The summed E-state index contributed by atoms with van der Waals surface area (Å²) >= 11 is 0. The molecule has 22 heavy (non-hydrogen) atoms. The molecule has 0 amide bonds. The quantitative estimate of drug-likeness (QED) is 0.788. The van der Waals surface area contributed by atoms with Gasteiger partial charge in [0.25, 0.3) is 0 Å². The first-order valence-corrected chi connectivity index (χ1v) is 8.16. The molecule has 4 heteroatoms. The smallest absolute Gasteiger partial charge is 0.172 e. The lowest BCUT2D eigenvalue weighted by molar-refractivity contribution is -0.231. The van der Waals surface area contributed by atoms with Crippen molar-refractivity contribution >= 4 is 6.29 Å². The van der Waals surface area contributed by atoms with Crippen molar-refractivity contribution in [1.29, 1.82) is 0 Å². The molecule has 0 bridgehead atoms. The van der Waals surface area contributed by atoms with Gasteiger partial charge in [-0.2, -0.15) is 0 Å². The minimum Gasteiger partial charge on any atom is -0.497 e. The summed E-state index contributed by atoms with van der Waals surface area (Å²) in [5.74, 6) is 0.434. The average Bonchev–Trinajstić information content (AvgIpc) is 3.03. The maximum Gasteiger partial charge on any atom is 0.172 e. The Labute approximate surface area is 130 Å². The fourth-order valence-corrected chi connectivity index (χ4v) is 4.85. The van der Waals surface area contributed by atoms with Gasteiger partial charge in [-0.1, -0.05) is 6.07 Å². The number of methoxy groups -OCH3 is 1. The zero-order valence-electron chi connectivity index (χ0n) is 13.0. The number of benzene rings is 1. The monoisotopic (exact) mass is 302 g/mol. The molecule has 1 saturated carbocycles. The second kappa shape index (κ2) is 5.07. The summed E-state index contributed by atoms with van der Waals surface area (Å²) in [4.78, 5) is 12.2. The van der Waals surface area contributed by atoms with Crippen molar-refractivity contribution in [3.63, 3.8) is 0 Å². The Bertz CT molecular complexity index is 591.